The summed E-state index contributed by atoms with van der Waals surface area (Å²) in [6.45, 7) is 6.44. The second-order valence-corrected chi connectivity index (χ2v) is 7.09. The van der Waals surface area contributed by atoms with Gasteiger partial charge in [-0.1, -0.05) is 23.4 Å². The molecule has 0 aliphatic heterocycles. The molecule has 30 heavy (non-hydrogen) atoms. The molecule has 0 aliphatic carbocycles. The molecule has 2 aromatic carbocycles. The van der Waals surface area contributed by atoms with Gasteiger partial charge in [0.2, 0.25) is 17.6 Å². The standard InChI is InChI=1S/C23H27FN4O2/c1-3-28(20-8-5-4-7-17(20)2)16-15-25-21(29)9-6-10-22-26-23(27-30-22)18-11-13-19(24)14-12-18/h4-5,7-8,11-14H,3,6,9-10,15-16H2,1-2H3,(H,25,29). The van der Waals surface area contributed by atoms with Crippen LogP contribution in [0.2, 0.25) is 0 Å². The zero-order valence-electron chi connectivity index (χ0n) is 17.4. The Kier molecular flexibility index (Phi) is 7.54. The van der Waals surface area contributed by atoms with E-state index >= 15 is 0 Å². The number of halogens is 1. The molecule has 0 saturated heterocycles. The fraction of sp³-hybridized carbons (Fsp3) is 0.348. The molecule has 0 unspecified atom stereocenters. The molecule has 0 radical (unpaired) electrons. The molecule has 3 aromatic rings. The molecule has 1 amide bonds. The monoisotopic (exact) mass is 410 g/mol. The SMILES string of the molecule is CCN(CCNC(=O)CCCc1nc(-c2ccc(F)cc2)no1)c1ccccc1C. The minimum absolute atomic E-state index is 0.00844. The maximum atomic E-state index is 13.0. The quantitative estimate of drug-likeness (QED) is 0.544. The highest BCUT2D eigenvalue weighted by Crippen LogP contribution is 2.19. The minimum atomic E-state index is -0.311. The van der Waals surface area contributed by atoms with Crippen molar-refractivity contribution in [2.75, 3.05) is 24.5 Å². The van der Waals surface area contributed by atoms with E-state index in [2.05, 4.69) is 46.3 Å². The van der Waals surface area contributed by atoms with Gasteiger partial charge in [-0.3, -0.25) is 4.79 Å². The lowest BCUT2D eigenvalue weighted by atomic mass is 10.2. The number of hydrogen-bond donors (Lipinski definition) is 1. The number of carbonyl (C=O) groups excluding carboxylic acids is 1. The molecule has 3 rings (SSSR count). The average molecular weight is 410 g/mol. The largest absolute Gasteiger partial charge is 0.370 e. The number of aryl methyl sites for hydroxylation is 2. The van der Waals surface area contributed by atoms with Crippen LogP contribution in [-0.2, 0) is 11.2 Å². The minimum Gasteiger partial charge on any atom is -0.370 e. The van der Waals surface area contributed by atoms with Gasteiger partial charge in [0, 0.05) is 43.7 Å². The number of rotatable bonds is 10. The molecular formula is C23H27FN4O2. The van der Waals surface area contributed by atoms with Crippen molar-refractivity contribution < 1.29 is 13.7 Å². The number of anilines is 1. The van der Waals surface area contributed by atoms with Crippen molar-refractivity contribution in [3.05, 3.63) is 65.8 Å². The van der Waals surface area contributed by atoms with E-state index < -0.39 is 0 Å². The molecule has 7 heteroatoms. The summed E-state index contributed by atoms with van der Waals surface area (Å²) in [4.78, 5) is 18.7. The Morgan fingerprint density at radius 2 is 1.93 bits per heavy atom. The molecule has 1 N–H and O–H groups in total. The van der Waals surface area contributed by atoms with Crippen molar-refractivity contribution in [2.24, 2.45) is 0 Å². The van der Waals surface area contributed by atoms with E-state index in [-0.39, 0.29) is 11.7 Å². The fourth-order valence-corrected chi connectivity index (χ4v) is 3.26. The van der Waals surface area contributed by atoms with Crippen LogP contribution in [0.15, 0.2) is 53.1 Å². The van der Waals surface area contributed by atoms with Gasteiger partial charge in [0.1, 0.15) is 5.82 Å². The van der Waals surface area contributed by atoms with Crippen LogP contribution in [0.4, 0.5) is 10.1 Å². The van der Waals surface area contributed by atoms with Gasteiger partial charge >= 0.3 is 0 Å². The van der Waals surface area contributed by atoms with E-state index in [4.69, 9.17) is 4.52 Å². The Morgan fingerprint density at radius 1 is 1.17 bits per heavy atom. The summed E-state index contributed by atoms with van der Waals surface area (Å²) < 4.78 is 18.2. The topological polar surface area (TPSA) is 71.3 Å². The third kappa shape index (κ3) is 5.89. The lowest BCUT2D eigenvalue weighted by Gasteiger charge is -2.25. The Balaban J connectivity index is 1.39. The normalized spacial score (nSPS) is 10.8. The molecule has 0 fully saturated rings. The van der Waals surface area contributed by atoms with Crippen LogP contribution in [0.5, 0.6) is 0 Å². The van der Waals surface area contributed by atoms with Crippen molar-refractivity contribution in [2.45, 2.75) is 33.1 Å². The van der Waals surface area contributed by atoms with Crippen LogP contribution in [0.3, 0.4) is 0 Å². The molecule has 1 aromatic heterocycles. The summed E-state index contributed by atoms with van der Waals surface area (Å²) in [7, 11) is 0. The molecule has 0 bridgehead atoms. The van der Waals surface area contributed by atoms with Gasteiger partial charge in [-0.05, 0) is 56.2 Å². The maximum Gasteiger partial charge on any atom is 0.226 e. The van der Waals surface area contributed by atoms with Crippen molar-refractivity contribution in [3.63, 3.8) is 0 Å². The zero-order chi connectivity index (χ0) is 21.3. The fourth-order valence-electron chi connectivity index (χ4n) is 3.26. The lowest BCUT2D eigenvalue weighted by Crippen LogP contribution is -2.35. The summed E-state index contributed by atoms with van der Waals surface area (Å²) in [5, 5.41) is 6.89. The number of amides is 1. The summed E-state index contributed by atoms with van der Waals surface area (Å²) in [6, 6.07) is 14.2. The first kappa shape index (κ1) is 21.5. The number of hydrogen-bond acceptors (Lipinski definition) is 5. The van der Waals surface area contributed by atoms with Crippen LogP contribution >= 0.6 is 0 Å². The van der Waals surface area contributed by atoms with Crippen LogP contribution in [0.1, 0.15) is 31.2 Å². The Hall–Kier alpha value is -3.22. The summed E-state index contributed by atoms with van der Waals surface area (Å²) in [5.41, 5.74) is 3.12. The highest BCUT2D eigenvalue weighted by molar-refractivity contribution is 5.75. The Morgan fingerprint density at radius 3 is 2.67 bits per heavy atom. The smallest absolute Gasteiger partial charge is 0.226 e. The highest BCUT2D eigenvalue weighted by atomic mass is 19.1. The van der Waals surface area contributed by atoms with Crippen molar-refractivity contribution in [1.29, 1.82) is 0 Å². The van der Waals surface area contributed by atoms with Gasteiger partial charge in [-0.2, -0.15) is 4.98 Å². The van der Waals surface area contributed by atoms with E-state index in [1.54, 1.807) is 12.1 Å². The molecular weight excluding hydrogens is 383 g/mol. The van der Waals surface area contributed by atoms with Gasteiger partial charge in [0.05, 0.1) is 0 Å². The number of aromatic nitrogens is 2. The number of likely N-dealkylation sites (N-methyl/N-ethyl adjacent to an activating group) is 1. The van der Waals surface area contributed by atoms with E-state index in [1.165, 1.54) is 23.4 Å². The van der Waals surface area contributed by atoms with E-state index in [0.717, 1.165) is 13.1 Å². The number of para-hydroxylation sites is 1. The number of carbonyl (C=O) groups is 1. The molecule has 6 nitrogen and oxygen atoms in total. The van der Waals surface area contributed by atoms with Gasteiger partial charge < -0.3 is 14.7 Å². The van der Waals surface area contributed by atoms with Crippen molar-refractivity contribution >= 4 is 11.6 Å². The third-order valence-electron chi connectivity index (χ3n) is 4.91. The van der Waals surface area contributed by atoms with Crippen molar-refractivity contribution in [3.8, 4) is 11.4 Å². The second kappa shape index (κ2) is 10.5. The molecule has 0 atom stereocenters. The van der Waals surface area contributed by atoms with E-state index in [9.17, 15) is 9.18 Å². The molecule has 158 valence electrons. The number of nitrogens with zero attached hydrogens (tertiary/aromatic N) is 3. The Bertz CT molecular complexity index is 956. The summed E-state index contributed by atoms with van der Waals surface area (Å²) >= 11 is 0. The maximum absolute atomic E-state index is 13.0. The Labute approximate surface area is 176 Å². The number of nitrogens with one attached hydrogen (secondary N) is 1. The van der Waals surface area contributed by atoms with E-state index in [0.29, 0.717) is 43.1 Å². The van der Waals surface area contributed by atoms with Crippen molar-refractivity contribution in [1.82, 2.24) is 15.5 Å². The predicted octanol–water partition coefficient (Wildman–Crippen LogP) is 4.15. The average Bonchev–Trinajstić information content (AvgIpc) is 3.21. The van der Waals surface area contributed by atoms with E-state index in [1.807, 2.05) is 12.1 Å². The first-order valence-electron chi connectivity index (χ1n) is 10.2. The van der Waals surface area contributed by atoms with Gasteiger partial charge in [0.15, 0.2) is 0 Å². The van der Waals surface area contributed by atoms with Gasteiger partial charge in [0.25, 0.3) is 0 Å². The van der Waals surface area contributed by atoms with Gasteiger partial charge in [-0.15, -0.1) is 0 Å². The van der Waals surface area contributed by atoms with Crippen LogP contribution in [0, 0.1) is 12.7 Å². The lowest BCUT2D eigenvalue weighted by molar-refractivity contribution is -0.121. The predicted molar refractivity (Wildman–Crippen MR) is 115 cm³/mol. The van der Waals surface area contributed by atoms with Crippen LogP contribution < -0.4 is 10.2 Å². The first-order valence-corrected chi connectivity index (χ1v) is 10.2. The molecule has 0 aliphatic rings. The molecule has 0 spiro atoms. The van der Waals surface area contributed by atoms with Gasteiger partial charge in [-0.25, -0.2) is 4.39 Å². The third-order valence-corrected chi connectivity index (χ3v) is 4.91. The van der Waals surface area contributed by atoms with Crippen LogP contribution in [0.25, 0.3) is 11.4 Å². The summed E-state index contributed by atoms with van der Waals surface area (Å²) in [6.07, 6.45) is 1.53. The first-order chi connectivity index (χ1) is 14.6. The summed E-state index contributed by atoms with van der Waals surface area (Å²) in [5.74, 6) is 0.590. The zero-order valence-corrected chi connectivity index (χ0v) is 17.4. The highest BCUT2D eigenvalue weighted by Gasteiger charge is 2.11. The second-order valence-electron chi connectivity index (χ2n) is 7.09. The number of benzene rings is 2. The molecule has 0 saturated carbocycles. The van der Waals surface area contributed by atoms with Crippen LogP contribution in [-0.4, -0.2) is 35.7 Å². The molecule has 1 heterocycles.